The van der Waals surface area contributed by atoms with Crippen molar-refractivity contribution in [3.05, 3.63) is 97.2 Å². The van der Waals surface area contributed by atoms with E-state index >= 15 is 0 Å². The SMILES string of the molecule is CC/C=C\C/C=C\C/C=C\C/C=C\C/C=C\C/C=C\C/C=C\CCCCCCCCCCCC(=O)OCC(COC(=O)CCCCCCCCCCC)OC(=O)CCCCCCC/C=C\CCCCCCC. The summed E-state index contributed by atoms with van der Waals surface area (Å²) in [6.07, 6.45) is 79.9. The minimum atomic E-state index is -0.781. The van der Waals surface area contributed by atoms with Crippen LogP contribution in [0.5, 0.6) is 0 Å². The Labute approximate surface area is 445 Å². The Balaban J connectivity index is 4.18. The van der Waals surface area contributed by atoms with Crippen molar-refractivity contribution in [3.63, 3.8) is 0 Å². The van der Waals surface area contributed by atoms with Gasteiger partial charge < -0.3 is 14.2 Å². The zero-order valence-electron chi connectivity index (χ0n) is 47.2. The molecular weight excluding hydrogens is 889 g/mol. The largest absolute Gasteiger partial charge is 0.462 e. The van der Waals surface area contributed by atoms with Crippen molar-refractivity contribution in [2.45, 2.75) is 290 Å². The van der Waals surface area contributed by atoms with E-state index in [1.807, 2.05) is 0 Å². The summed E-state index contributed by atoms with van der Waals surface area (Å²) in [5, 5.41) is 0. The summed E-state index contributed by atoms with van der Waals surface area (Å²) < 4.78 is 16.8. The molecule has 0 rings (SSSR count). The van der Waals surface area contributed by atoms with E-state index in [-0.39, 0.29) is 31.1 Å². The highest BCUT2D eigenvalue weighted by molar-refractivity contribution is 5.71. The number of carbonyl (C=O) groups excluding carboxylic acids is 3. The molecular formula is C66H112O6. The van der Waals surface area contributed by atoms with Crippen molar-refractivity contribution in [2.24, 2.45) is 0 Å². The van der Waals surface area contributed by atoms with E-state index in [4.69, 9.17) is 14.2 Å². The molecule has 72 heavy (non-hydrogen) atoms. The third-order valence-electron chi connectivity index (χ3n) is 12.8. The number of unbranched alkanes of at least 4 members (excludes halogenated alkanes) is 27. The highest BCUT2D eigenvalue weighted by atomic mass is 16.6. The van der Waals surface area contributed by atoms with Gasteiger partial charge in [0.25, 0.3) is 0 Å². The van der Waals surface area contributed by atoms with Gasteiger partial charge in [-0.1, -0.05) is 259 Å². The Morgan fingerprint density at radius 1 is 0.292 bits per heavy atom. The maximum Gasteiger partial charge on any atom is 0.306 e. The molecule has 0 aliphatic rings. The van der Waals surface area contributed by atoms with Gasteiger partial charge in [0.05, 0.1) is 0 Å². The number of carbonyl (C=O) groups is 3. The first-order chi connectivity index (χ1) is 35.5. The average molecular weight is 1000 g/mol. The second-order valence-corrected chi connectivity index (χ2v) is 19.9. The van der Waals surface area contributed by atoms with Crippen LogP contribution in [0.3, 0.4) is 0 Å². The smallest absolute Gasteiger partial charge is 0.306 e. The van der Waals surface area contributed by atoms with Crippen LogP contribution in [0.15, 0.2) is 97.2 Å². The van der Waals surface area contributed by atoms with Gasteiger partial charge in [-0.3, -0.25) is 14.4 Å². The van der Waals surface area contributed by atoms with E-state index in [2.05, 4.69) is 118 Å². The summed E-state index contributed by atoms with van der Waals surface area (Å²) >= 11 is 0. The third-order valence-corrected chi connectivity index (χ3v) is 12.8. The van der Waals surface area contributed by atoms with Crippen LogP contribution in [0.25, 0.3) is 0 Å². The summed E-state index contributed by atoms with van der Waals surface area (Å²) in [7, 11) is 0. The second-order valence-electron chi connectivity index (χ2n) is 19.9. The molecule has 1 unspecified atom stereocenters. The van der Waals surface area contributed by atoms with Crippen molar-refractivity contribution < 1.29 is 28.6 Å². The molecule has 1 atom stereocenters. The number of esters is 3. The van der Waals surface area contributed by atoms with E-state index < -0.39 is 6.10 Å². The van der Waals surface area contributed by atoms with Gasteiger partial charge in [-0.2, -0.15) is 0 Å². The quantitative estimate of drug-likeness (QED) is 0.0261. The van der Waals surface area contributed by atoms with Crippen LogP contribution < -0.4 is 0 Å². The van der Waals surface area contributed by atoms with Crippen LogP contribution in [-0.4, -0.2) is 37.2 Å². The van der Waals surface area contributed by atoms with Crippen LogP contribution in [0, 0.1) is 0 Å². The van der Waals surface area contributed by atoms with E-state index in [0.29, 0.717) is 19.3 Å². The zero-order chi connectivity index (χ0) is 52.2. The fraction of sp³-hybridized carbons (Fsp3) is 0.712. The number of rotatable bonds is 54. The Kier molecular flexibility index (Phi) is 56.8. The number of hydrogen-bond donors (Lipinski definition) is 0. The molecule has 0 amide bonds. The minimum Gasteiger partial charge on any atom is -0.462 e. The van der Waals surface area contributed by atoms with Gasteiger partial charge in [0, 0.05) is 19.3 Å². The number of allylic oxidation sites excluding steroid dienone is 16. The maximum absolute atomic E-state index is 12.8. The second kappa shape index (κ2) is 59.9. The number of hydrogen-bond acceptors (Lipinski definition) is 6. The van der Waals surface area contributed by atoms with Crippen LogP contribution >= 0.6 is 0 Å². The monoisotopic (exact) mass is 1000 g/mol. The lowest BCUT2D eigenvalue weighted by molar-refractivity contribution is -0.167. The highest BCUT2D eigenvalue weighted by Crippen LogP contribution is 2.15. The van der Waals surface area contributed by atoms with Gasteiger partial charge in [0.15, 0.2) is 6.10 Å². The summed E-state index contributed by atoms with van der Waals surface area (Å²) in [4.78, 5) is 38.0. The third kappa shape index (κ3) is 57.2. The Bertz CT molecular complexity index is 1430. The van der Waals surface area contributed by atoms with Crippen molar-refractivity contribution in [1.82, 2.24) is 0 Å². The highest BCUT2D eigenvalue weighted by Gasteiger charge is 2.19. The zero-order valence-corrected chi connectivity index (χ0v) is 47.2. The standard InChI is InChI=1S/C66H112O6/c1-4-7-10-13-16-19-21-23-25-26-27-28-29-30-31-32-33-34-35-36-37-38-39-40-41-43-44-47-50-53-56-59-65(68)71-62-63(61-70-64(67)58-55-52-49-46-18-15-12-9-6-3)72-66(69)60-57-54-51-48-45-42-24-22-20-17-14-11-8-5-2/h7,10,16,19,22-25,27-28,30-31,33-34,36-37,63H,4-6,8-9,11-15,17-18,20-21,26,29,32,35,38-62H2,1-3H3/b10-7-,19-16-,24-22-,25-23-,28-27-,31-30-,34-33-,37-36-. The summed E-state index contributed by atoms with van der Waals surface area (Å²) in [5.74, 6) is -0.893. The molecule has 0 radical (unpaired) electrons. The molecule has 412 valence electrons. The normalized spacial score (nSPS) is 12.8. The van der Waals surface area contributed by atoms with Crippen LogP contribution in [0.1, 0.15) is 284 Å². The van der Waals surface area contributed by atoms with E-state index in [9.17, 15) is 14.4 Å². The Hall–Kier alpha value is -3.67. The number of ether oxygens (including phenoxy) is 3. The van der Waals surface area contributed by atoms with Crippen LogP contribution in [0.4, 0.5) is 0 Å². The molecule has 0 aromatic carbocycles. The Morgan fingerprint density at radius 3 is 0.861 bits per heavy atom. The summed E-state index contributed by atoms with van der Waals surface area (Å²) in [5.41, 5.74) is 0. The van der Waals surface area contributed by atoms with E-state index in [1.54, 1.807) is 0 Å². The molecule has 0 N–H and O–H groups in total. The molecule has 0 aliphatic heterocycles. The molecule has 0 bridgehead atoms. The van der Waals surface area contributed by atoms with Gasteiger partial charge in [-0.15, -0.1) is 0 Å². The maximum atomic E-state index is 12.8. The first-order valence-corrected chi connectivity index (χ1v) is 30.2. The predicted octanol–water partition coefficient (Wildman–Crippen LogP) is 20.5. The lowest BCUT2D eigenvalue weighted by Crippen LogP contribution is -2.30. The lowest BCUT2D eigenvalue weighted by atomic mass is 10.1. The van der Waals surface area contributed by atoms with Gasteiger partial charge >= 0.3 is 17.9 Å². The molecule has 0 saturated carbocycles. The van der Waals surface area contributed by atoms with E-state index in [0.717, 1.165) is 122 Å². The molecule has 6 heteroatoms. The fourth-order valence-electron chi connectivity index (χ4n) is 8.30. The molecule has 0 saturated heterocycles. The minimum absolute atomic E-state index is 0.0801. The lowest BCUT2D eigenvalue weighted by Gasteiger charge is -2.18. The van der Waals surface area contributed by atoms with Gasteiger partial charge in [0.2, 0.25) is 0 Å². The molecule has 6 nitrogen and oxygen atoms in total. The van der Waals surface area contributed by atoms with Crippen molar-refractivity contribution in [1.29, 1.82) is 0 Å². The van der Waals surface area contributed by atoms with Crippen molar-refractivity contribution in [2.75, 3.05) is 13.2 Å². The molecule has 0 aliphatic carbocycles. The molecule has 0 heterocycles. The Morgan fingerprint density at radius 2 is 0.542 bits per heavy atom. The van der Waals surface area contributed by atoms with Gasteiger partial charge in [-0.25, -0.2) is 0 Å². The molecule has 0 spiro atoms. The molecule has 0 fully saturated rings. The predicted molar refractivity (Wildman–Crippen MR) is 311 cm³/mol. The van der Waals surface area contributed by atoms with Gasteiger partial charge in [-0.05, 0) is 103 Å². The fourth-order valence-corrected chi connectivity index (χ4v) is 8.30. The van der Waals surface area contributed by atoms with E-state index in [1.165, 1.54) is 122 Å². The first kappa shape index (κ1) is 68.3. The van der Waals surface area contributed by atoms with Crippen molar-refractivity contribution >= 4 is 17.9 Å². The first-order valence-electron chi connectivity index (χ1n) is 30.2. The van der Waals surface area contributed by atoms with Gasteiger partial charge in [0.1, 0.15) is 13.2 Å². The van der Waals surface area contributed by atoms with Crippen LogP contribution in [0.2, 0.25) is 0 Å². The summed E-state index contributed by atoms with van der Waals surface area (Å²) in [6.45, 7) is 6.49. The summed E-state index contributed by atoms with van der Waals surface area (Å²) in [6, 6.07) is 0. The average Bonchev–Trinajstić information content (AvgIpc) is 3.38. The topological polar surface area (TPSA) is 78.9 Å². The van der Waals surface area contributed by atoms with Crippen molar-refractivity contribution in [3.8, 4) is 0 Å². The molecule has 0 aromatic heterocycles. The molecule has 0 aromatic rings. The van der Waals surface area contributed by atoms with Crippen LogP contribution in [-0.2, 0) is 28.6 Å².